The standard InChI is InChI=1S/C21H24N6OS/c1-25-14-15(16-8-9-22-21(23-16)26-10-2-3-11-26)19(24-25)17-6-4-12-27(17)20(28)18-7-5-13-29-18/h5,7-9,13-14,17H,2-4,6,10-12H2,1H3/t17-/m1/s1. The SMILES string of the molecule is Cn1cc(-c2ccnc(N3CCCC3)n2)c([C@H]2CCCN2C(=O)c2cccs2)n1. The van der Waals surface area contributed by atoms with Crippen LogP contribution in [0, 0.1) is 0 Å². The van der Waals surface area contributed by atoms with Gasteiger partial charge in [-0.3, -0.25) is 9.48 Å². The minimum absolute atomic E-state index is 0.0222. The summed E-state index contributed by atoms with van der Waals surface area (Å²) in [5.41, 5.74) is 2.80. The Morgan fingerprint density at radius 2 is 2.03 bits per heavy atom. The molecule has 2 saturated heterocycles. The van der Waals surface area contributed by atoms with Gasteiger partial charge < -0.3 is 9.80 Å². The van der Waals surface area contributed by atoms with Crippen molar-refractivity contribution in [3.8, 4) is 11.3 Å². The average molecular weight is 409 g/mol. The Balaban J connectivity index is 1.49. The Morgan fingerprint density at radius 3 is 2.83 bits per heavy atom. The van der Waals surface area contributed by atoms with Gasteiger partial charge in [0.15, 0.2) is 0 Å². The first-order valence-electron chi connectivity index (χ1n) is 10.2. The van der Waals surface area contributed by atoms with Crippen LogP contribution < -0.4 is 4.90 Å². The maximum Gasteiger partial charge on any atom is 0.264 e. The van der Waals surface area contributed by atoms with E-state index in [-0.39, 0.29) is 11.9 Å². The minimum atomic E-state index is -0.0222. The number of aryl methyl sites for hydroxylation is 1. The number of rotatable bonds is 4. The second kappa shape index (κ2) is 7.59. The number of hydrogen-bond donors (Lipinski definition) is 0. The van der Waals surface area contributed by atoms with Crippen molar-refractivity contribution >= 4 is 23.2 Å². The lowest BCUT2D eigenvalue weighted by molar-refractivity contribution is 0.0738. The highest BCUT2D eigenvalue weighted by molar-refractivity contribution is 7.12. The Bertz CT molecular complexity index is 1010. The normalized spacial score (nSPS) is 19.3. The molecule has 150 valence electrons. The molecule has 0 spiro atoms. The lowest BCUT2D eigenvalue weighted by Gasteiger charge is -2.24. The highest BCUT2D eigenvalue weighted by Gasteiger charge is 2.34. The van der Waals surface area contributed by atoms with Gasteiger partial charge in [-0.25, -0.2) is 9.97 Å². The summed E-state index contributed by atoms with van der Waals surface area (Å²) >= 11 is 1.49. The topological polar surface area (TPSA) is 67.2 Å². The summed E-state index contributed by atoms with van der Waals surface area (Å²) < 4.78 is 1.83. The van der Waals surface area contributed by atoms with E-state index in [0.717, 1.165) is 60.3 Å². The monoisotopic (exact) mass is 408 g/mol. The van der Waals surface area contributed by atoms with Crippen molar-refractivity contribution in [2.24, 2.45) is 7.05 Å². The van der Waals surface area contributed by atoms with E-state index in [9.17, 15) is 4.79 Å². The number of aromatic nitrogens is 4. The summed E-state index contributed by atoms with van der Waals surface area (Å²) in [6, 6.07) is 5.75. The van der Waals surface area contributed by atoms with Crippen LogP contribution in [-0.2, 0) is 7.05 Å². The number of amides is 1. The highest BCUT2D eigenvalue weighted by Crippen LogP contribution is 2.37. The molecule has 2 fully saturated rings. The largest absolute Gasteiger partial charge is 0.341 e. The molecule has 5 rings (SSSR count). The Hall–Kier alpha value is -2.74. The first kappa shape index (κ1) is 18.3. The van der Waals surface area contributed by atoms with E-state index in [1.165, 1.54) is 24.2 Å². The number of anilines is 1. The molecule has 8 heteroatoms. The second-order valence-corrected chi connectivity index (χ2v) is 8.62. The summed E-state index contributed by atoms with van der Waals surface area (Å²) in [5.74, 6) is 0.882. The number of hydrogen-bond acceptors (Lipinski definition) is 6. The zero-order chi connectivity index (χ0) is 19.8. The van der Waals surface area contributed by atoms with Gasteiger partial charge in [0, 0.05) is 44.6 Å². The molecule has 1 amide bonds. The van der Waals surface area contributed by atoms with Crippen molar-refractivity contribution in [3.05, 3.63) is 46.5 Å². The molecule has 1 atom stereocenters. The predicted octanol–water partition coefficient (Wildman–Crippen LogP) is 3.52. The highest BCUT2D eigenvalue weighted by atomic mass is 32.1. The van der Waals surface area contributed by atoms with Crippen LogP contribution in [0.15, 0.2) is 36.0 Å². The smallest absolute Gasteiger partial charge is 0.264 e. The molecule has 3 aromatic heterocycles. The fraction of sp³-hybridized carbons (Fsp3) is 0.429. The Morgan fingerprint density at radius 1 is 1.17 bits per heavy atom. The summed E-state index contributed by atoms with van der Waals surface area (Å²) in [5, 5.41) is 6.71. The molecular formula is C21H24N6OS. The van der Waals surface area contributed by atoms with Crippen LogP contribution >= 0.6 is 11.3 Å². The van der Waals surface area contributed by atoms with Gasteiger partial charge in [0.2, 0.25) is 5.95 Å². The van der Waals surface area contributed by atoms with Gasteiger partial charge in [-0.2, -0.15) is 5.10 Å². The van der Waals surface area contributed by atoms with Gasteiger partial charge in [-0.15, -0.1) is 11.3 Å². The predicted molar refractivity (Wildman–Crippen MR) is 113 cm³/mol. The zero-order valence-electron chi connectivity index (χ0n) is 16.5. The van der Waals surface area contributed by atoms with Crippen LogP contribution in [-0.4, -0.2) is 50.2 Å². The van der Waals surface area contributed by atoms with Crippen LogP contribution in [0.2, 0.25) is 0 Å². The molecule has 0 bridgehead atoms. The zero-order valence-corrected chi connectivity index (χ0v) is 17.3. The van der Waals surface area contributed by atoms with Crippen LogP contribution in [0.3, 0.4) is 0 Å². The lowest BCUT2D eigenvalue weighted by atomic mass is 10.0. The van der Waals surface area contributed by atoms with Gasteiger partial charge in [0.05, 0.1) is 22.3 Å². The van der Waals surface area contributed by atoms with Crippen molar-refractivity contribution in [3.63, 3.8) is 0 Å². The number of nitrogens with zero attached hydrogens (tertiary/aromatic N) is 6. The Labute approximate surface area is 174 Å². The maximum absolute atomic E-state index is 13.0. The van der Waals surface area contributed by atoms with E-state index in [2.05, 4.69) is 9.88 Å². The van der Waals surface area contributed by atoms with Gasteiger partial charge in [-0.1, -0.05) is 6.07 Å². The van der Waals surface area contributed by atoms with Gasteiger partial charge in [0.25, 0.3) is 5.91 Å². The van der Waals surface area contributed by atoms with E-state index in [4.69, 9.17) is 10.1 Å². The van der Waals surface area contributed by atoms with E-state index in [1.54, 1.807) is 0 Å². The van der Waals surface area contributed by atoms with Crippen molar-refractivity contribution in [2.45, 2.75) is 31.7 Å². The van der Waals surface area contributed by atoms with Crippen molar-refractivity contribution < 1.29 is 4.79 Å². The van der Waals surface area contributed by atoms with Crippen LogP contribution in [0.4, 0.5) is 5.95 Å². The molecule has 2 aliphatic heterocycles. The van der Waals surface area contributed by atoms with E-state index < -0.39 is 0 Å². The molecule has 29 heavy (non-hydrogen) atoms. The molecule has 2 aliphatic rings. The fourth-order valence-electron chi connectivity index (χ4n) is 4.35. The van der Waals surface area contributed by atoms with Crippen molar-refractivity contribution in [2.75, 3.05) is 24.5 Å². The summed E-state index contributed by atoms with van der Waals surface area (Å²) in [4.78, 5) is 27.4. The van der Waals surface area contributed by atoms with Crippen molar-refractivity contribution in [1.29, 1.82) is 0 Å². The van der Waals surface area contributed by atoms with Gasteiger partial charge >= 0.3 is 0 Å². The van der Waals surface area contributed by atoms with Gasteiger partial charge in [0.1, 0.15) is 0 Å². The third-order valence-electron chi connectivity index (χ3n) is 5.73. The third-order valence-corrected chi connectivity index (χ3v) is 6.58. The average Bonchev–Trinajstić information content (AvgIpc) is 3.54. The molecule has 7 nitrogen and oxygen atoms in total. The van der Waals surface area contributed by atoms with E-state index in [0.29, 0.717) is 0 Å². The fourth-order valence-corrected chi connectivity index (χ4v) is 5.03. The lowest BCUT2D eigenvalue weighted by Crippen LogP contribution is -2.30. The molecule has 5 heterocycles. The Kier molecular flexibility index (Phi) is 4.79. The molecule has 0 saturated carbocycles. The van der Waals surface area contributed by atoms with E-state index >= 15 is 0 Å². The number of carbonyl (C=O) groups excluding carboxylic acids is 1. The van der Waals surface area contributed by atoms with Crippen LogP contribution in [0.5, 0.6) is 0 Å². The summed E-state index contributed by atoms with van der Waals surface area (Å²) in [6.07, 6.45) is 8.13. The first-order valence-corrected chi connectivity index (χ1v) is 11.0. The molecule has 3 aromatic rings. The first-order chi connectivity index (χ1) is 14.2. The number of thiophene rings is 1. The molecular weight excluding hydrogens is 384 g/mol. The molecule has 0 radical (unpaired) electrons. The van der Waals surface area contributed by atoms with Gasteiger partial charge in [-0.05, 0) is 43.2 Å². The minimum Gasteiger partial charge on any atom is -0.341 e. The summed E-state index contributed by atoms with van der Waals surface area (Å²) in [6.45, 7) is 2.78. The number of carbonyl (C=O) groups is 1. The third kappa shape index (κ3) is 3.42. The maximum atomic E-state index is 13.0. The molecule has 0 aromatic carbocycles. The van der Waals surface area contributed by atoms with E-state index in [1.807, 2.05) is 52.6 Å². The molecule has 0 aliphatic carbocycles. The van der Waals surface area contributed by atoms with Crippen LogP contribution in [0.25, 0.3) is 11.3 Å². The van der Waals surface area contributed by atoms with Crippen molar-refractivity contribution in [1.82, 2.24) is 24.6 Å². The molecule has 0 unspecified atom stereocenters. The molecule has 0 N–H and O–H groups in total. The second-order valence-electron chi connectivity index (χ2n) is 7.67. The summed E-state index contributed by atoms with van der Waals surface area (Å²) in [7, 11) is 1.93. The van der Waals surface area contributed by atoms with Crippen LogP contribution in [0.1, 0.15) is 47.1 Å². The number of likely N-dealkylation sites (tertiary alicyclic amines) is 1. The quantitative estimate of drug-likeness (QED) is 0.661.